The van der Waals surface area contributed by atoms with Crippen LogP contribution < -0.4 is 5.32 Å². The molecule has 1 N–H and O–H groups in total. The highest BCUT2D eigenvalue weighted by Crippen LogP contribution is 2.43. The highest BCUT2D eigenvalue weighted by molar-refractivity contribution is 4.90. The van der Waals surface area contributed by atoms with Crippen LogP contribution in [0.15, 0.2) is 0 Å². The molecule has 0 heterocycles. The Kier molecular flexibility index (Phi) is 4.02. The number of rotatable bonds is 6. The molecule has 0 aliphatic heterocycles. The van der Waals surface area contributed by atoms with E-state index in [1.54, 1.807) is 7.11 Å². The molecule has 1 fully saturated rings. The normalized spacial score (nSPS) is 30.2. The summed E-state index contributed by atoms with van der Waals surface area (Å²) in [5.41, 5.74) is 0. The Bertz CT molecular complexity index is 127. The summed E-state index contributed by atoms with van der Waals surface area (Å²) >= 11 is 0. The van der Waals surface area contributed by atoms with Crippen molar-refractivity contribution in [3.05, 3.63) is 0 Å². The maximum atomic E-state index is 5.14. The van der Waals surface area contributed by atoms with Gasteiger partial charge in [0.05, 0.1) is 0 Å². The lowest BCUT2D eigenvalue weighted by Crippen LogP contribution is -2.18. The molecule has 1 rings (SSSR count). The standard InChI is InChI=1S/C10H21NO/c1-4-11-6-9-5-10(9)8(2)7-12-3/h8-11H,4-7H2,1-3H3. The maximum Gasteiger partial charge on any atom is 0.0490 e. The van der Waals surface area contributed by atoms with E-state index in [9.17, 15) is 0 Å². The van der Waals surface area contributed by atoms with E-state index in [0.29, 0.717) is 0 Å². The Morgan fingerprint density at radius 2 is 2.33 bits per heavy atom. The van der Waals surface area contributed by atoms with Crippen molar-refractivity contribution in [2.75, 3.05) is 26.8 Å². The van der Waals surface area contributed by atoms with Crippen molar-refractivity contribution in [3.8, 4) is 0 Å². The zero-order valence-electron chi connectivity index (χ0n) is 8.47. The molecule has 0 spiro atoms. The summed E-state index contributed by atoms with van der Waals surface area (Å²) in [5.74, 6) is 2.60. The topological polar surface area (TPSA) is 21.3 Å². The van der Waals surface area contributed by atoms with Crippen LogP contribution in [0, 0.1) is 17.8 Å². The number of hydrogen-bond acceptors (Lipinski definition) is 2. The maximum absolute atomic E-state index is 5.14. The fourth-order valence-electron chi connectivity index (χ4n) is 1.92. The highest BCUT2D eigenvalue weighted by atomic mass is 16.5. The first-order valence-electron chi connectivity index (χ1n) is 4.99. The van der Waals surface area contributed by atoms with Gasteiger partial charge in [-0.05, 0) is 37.3 Å². The van der Waals surface area contributed by atoms with Crippen LogP contribution in [0.3, 0.4) is 0 Å². The van der Waals surface area contributed by atoms with Crippen molar-refractivity contribution in [1.29, 1.82) is 0 Å². The van der Waals surface area contributed by atoms with Crippen molar-refractivity contribution >= 4 is 0 Å². The summed E-state index contributed by atoms with van der Waals surface area (Å²) in [4.78, 5) is 0. The minimum atomic E-state index is 0.749. The van der Waals surface area contributed by atoms with Crippen molar-refractivity contribution in [2.24, 2.45) is 17.8 Å². The third-order valence-corrected chi connectivity index (χ3v) is 2.79. The van der Waals surface area contributed by atoms with Gasteiger partial charge in [-0.1, -0.05) is 13.8 Å². The third-order valence-electron chi connectivity index (χ3n) is 2.79. The average molecular weight is 171 g/mol. The molecule has 0 bridgehead atoms. The monoisotopic (exact) mass is 171 g/mol. The summed E-state index contributed by atoms with van der Waals surface area (Å²) < 4.78 is 5.14. The molecule has 1 aliphatic carbocycles. The molecule has 0 aromatic rings. The zero-order chi connectivity index (χ0) is 8.97. The number of hydrogen-bond donors (Lipinski definition) is 1. The predicted octanol–water partition coefficient (Wildman–Crippen LogP) is 1.51. The molecule has 2 heteroatoms. The molecule has 72 valence electrons. The first-order valence-corrected chi connectivity index (χ1v) is 4.99. The van der Waals surface area contributed by atoms with Crippen LogP contribution in [0.2, 0.25) is 0 Å². The molecular weight excluding hydrogens is 150 g/mol. The van der Waals surface area contributed by atoms with Crippen LogP contribution in [-0.2, 0) is 4.74 Å². The van der Waals surface area contributed by atoms with Crippen molar-refractivity contribution in [1.82, 2.24) is 5.32 Å². The molecule has 0 saturated heterocycles. The van der Waals surface area contributed by atoms with Gasteiger partial charge in [-0.15, -0.1) is 0 Å². The van der Waals surface area contributed by atoms with Gasteiger partial charge in [-0.3, -0.25) is 0 Å². The third kappa shape index (κ3) is 2.76. The van der Waals surface area contributed by atoms with Crippen LogP contribution in [0.25, 0.3) is 0 Å². The molecule has 0 radical (unpaired) electrons. The van der Waals surface area contributed by atoms with Crippen molar-refractivity contribution in [2.45, 2.75) is 20.3 Å². The Hall–Kier alpha value is -0.0800. The quantitative estimate of drug-likeness (QED) is 0.654. The lowest BCUT2D eigenvalue weighted by Gasteiger charge is -2.09. The molecule has 0 aromatic carbocycles. The fourth-order valence-corrected chi connectivity index (χ4v) is 1.92. The minimum absolute atomic E-state index is 0.749. The van der Waals surface area contributed by atoms with E-state index in [2.05, 4.69) is 19.2 Å². The van der Waals surface area contributed by atoms with Gasteiger partial charge in [0.25, 0.3) is 0 Å². The Morgan fingerprint density at radius 3 is 2.92 bits per heavy atom. The first-order chi connectivity index (χ1) is 5.79. The Balaban J connectivity index is 2.06. The number of nitrogens with one attached hydrogen (secondary N) is 1. The average Bonchev–Trinajstić information content (AvgIpc) is 2.80. The molecule has 12 heavy (non-hydrogen) atoms. The van der Waals surface area contributed by atoms with Gasteiger partial charge in [0, 0.05) is 13.7 Å². The van der Waals surface area contributed by atoms with Gasteiger partial charge in [-0.2, -0.15) is 0 Å². The molecule has 1 aliphatic rings. The Labute approximate surface area is 75.7 Å². The molecule has 0 aromatic heterocycles. The van der Waals surface area contributed by atoms with Gasteiger partial charge in [-0.25, -0.2) is 0 Å². The van der Waals surface area contributed by atoms with Gasteiger partial charge >= 0.3 is 0 Å². The smallest absolute Gasteiger partial charge is 0.0490 e. The minimum Gasteiger partial charge on any atom is -0.384 e. The second-order valence-electron chi connectivity index (χ2n) is 3.90. The summed E-state index contributed by atoms with van der Waals surface area (Å²) in [6, 6.07) is 0. The molecule has 3 unspecified atom stereocenters. The van der Waals surface area contributed by atoms with E-state index in [4.69, 9.17) is 4.74 Å². The van der Waals surface area contributed by atoms with Crippen LogP contribution in [0.5, 0.6) is 0 Å². The van der Waals surface area contributed by atoms with E-state index in [0.717, 1.165) is 30.9 Å². The SMILES string of the molecule is CCNCC1CC1C(C)COC. The molecule has 1 saturated carbocycles. The van der Waals surface area contributed by atoms with Gasteiger partial charge in [0.15, 0.2) is 0 Å². The van der Waals surface area contributed by atoms with Gasteiger partial charge < -0.3 is 10.1 Å². The van der Waals surface area contributed by atoms with E-state index >= 15 is 0 Å². The fraction of sp³-hybridized carbons (Fsp3) is 1.00. The summed E-state index contributed by atoms with van der Waals surface area (Å²) in [6.45, 7) is 7.68. The lowest BCUT2D eigenvalue weighted by atomic mass is 10.1. The van der Waals surface area contributed by atoms with E-state index in [1.165, 1.54) is 13.0 Å². The van der Waals surface area contributed by atoms with Gasteiger partial charge in [0.1, 0.15) is 0 Å². The van der Waals surface area contributed by atoms with E-state index in [-0.39, 0.29) is 0 Å². The van der Waals surface area contributed by atoms with E-state index in [1.807, 2.05) is 0 Å². The Morgan fingerprint density at radius 1 is 1.58 bits per heavy atom. The largest absolute Gasteiger partial charge is 0.384 e. The van der Waals surface area contributed by atoms with Crippen molar-refractivity contribution in [3.63, 3.8) is 0 Å². The molecule has 0 amide bonds. The molecule has 3 atom stereocenters. The van der Waals surface area contributed by atoms with Crippen LogP contribution in [0.1, 0.15) is 20.3 Å². The number of methoxy groups -OCH3 is 1. The van der Waals surface area contributed by atoms with Crippen molar-refractivity contribution < 1.29 is 4.74 Å². The zero-order valence-corrected chi connectivity index (χ0v) is 8.47. The summed E-state index contributed by atoms with van der Waals surface area (Å²) in [7, 11) is 1.79. The second kappa shape index (κ2) is 4.83. The highest BCUT2D eigenvalue weighted by Gasteiger charge is 2.39. The van der Waals surface area contributed by atoms with Gasteiger partial charge in [0.2, 0.25) is 0 Å². The number of ether oxygens (including phenoxy) is 1. The van der Waals surface area contributed by atoms with Crippen LogP contribution in [0.4, 0.5) is 0 Å². The predicted molar refractivity (Wildman–Crippen MR) is 51.2 cm³/mol. The summed E-state index contributed by atoms with van der Waals surface area (Å²) in [6.07, 6.45) is 1.40. The first kappa shape index (κ1) is 10.0. The summed E-state index contributed by atoms with van der Waals surface area (Å²) in [5, 5.41) is 3.40. The lowest BCUT2D eigenvalue weighted by molar-refractivity contribution is 0.147. The molecular formula is C10H21NO. The van der Waals surface area contributed by atoms with Crippen LogP contribution in [-0.4, -0.2) is 26.8 Å². The van der Waals surface area contributed by atoms with E-state index < -0.39 is 0 Å². The molecule has 2 nitrogen and oxygen atoms in total. The second-order valence-corrected chi connectivity index (χ2v) is 3.90. The van der Waals surface area contributed by atoms with Crippen LogP contribution >= 0.6 is 0 Å².